The van der Waals surface area contributed by atoms with Crippen LogP contribution in [0.3, 0.4) is 0 Å². The number of ether oxygens (including phenoxy) is 1. The third kappa shape index (κ3) is 2.38. The van der Waals surface area contributed by atoms with Gasteiger partial charge in [0.05, 0.1) is 12.2 Å². The van der Waals surface area contributed by atoms with Crippen LogP contribution >= 0.6 is 0 Å². The van der Waals surface area contributed by atoms with Crippen LogP contribution in [0.4, 0.5) is 0 Å². The fourth-order valence-corrected chi connectivity index (χ4v) is 1.76. The minimum absolute atomic E-state index is 0.286. The number of carbonyl (C=O) groups is 1. The van der Waals surface area contributed by atoms with Crippen LogP contribution in [0.1, 0.15) is 23.7 Å². The van der Waals surface area contributed by atoms with Gasteiger partial charge in [0.25, 0.3) is 0 Å². The number of fused-ring (bicyclic) bond motifs is 1. The summed E-state index contributed by atoms with van der Waals surface area (Å²) in [5, 5.41) is 10.8. The molecule has 0 saturated carbocycles. The zero-order valence-electron chi connectivity index (χ0n) is 9.64. The van der Waals surface area contributed by atoms with Gasteiger partial charge in [0, 0.05) is 0 Å². The van der Waals surface area contributed by atoms with Crippen molar-refractivity contribution in [3.05, 3.63) is 42.0 Å². The number of benzene rings is 2. The average Bonchev–Trinajstić information content (AvgIpc) is 2.35. The summed E-state index contributed by atoms with van der Waals surface area (Å²) in [4.78, 5) is 11.2. The Morgan fingerprint density at radius 2 is 2.06 bits per heavy atom. The molecule has 2 aromatic rings. The molecule has 1 N–H and O–H groups in total. The maximum atomic E-state index is 11.2. The summed E-state index contributed by atoms with van der Waals surface area (Å²) in [7, 11) is 0. The van der Waals surface area contributed by atoms with Gasteiger partial charge in [-0.3, -0.25) is 0 Å². The van der Waals surface area contributed by atoms with Crippen molar-refractivity contribution in [2.45, 2.75) is 13.3 Å². The number of hydrogen-bond acceptors (Lipinski definition) is 2. The van der Waals surface area contributed by atoms with Gasteiger partial charge >= 0.3 is 5.97 Å². The second-order valence-corrected chi connectivity index (χ2v) is 3.85. The Labute approximate surface area is 99.6 Å². The molecule has 0 unspecified atom stereocenters. The molecule has 3 heteroatoms. The first-order chi connectivity index (χ1) is 8.22. The maximum Gasteiger partial charge on any atom is 0.336 e. The molecule has 0 aliphatic rings. The van der Waals surface area contributed by atoms with E-state index in [-0.39, 0.29) is 5.56 Å². The number of hydrogen-bond donors (Lipinski definition) is 1. The summed E-state index contributed by atoms with van der Waals surface area (Å²) in [5.41, 5.74) is 0.286. The fraction of sp³-hybridized carbons (Fsp3) is 0.214. The monoisotopic (exact) mass is 230 g/mol. The van der Waals surface area contributed by atoms with Gasteiger partial charge in [-0.25, -0.2) is 4.79 Å². The third-order valence-electron chi connectivity index (χ3n) is 2.54. The number of rotatable bonds is 4. The van der Waals surface area contributed by atoms with Crippen molar-refractivity contribution in [2.75, 3.05) is 6.61 Å². The van der Waals surface area contributed by atoms with E-state index in [1.54, 1.807) is 6.07 Å². The van der Waals surface area contributed by atoms with Crippen molar-refractivity contribution in [1.82, 2.24) is 0 Å². The molecule has 0 spiro atoms. The van der Waals surface area contributed by atoms with Crippen molar-refractivity contribution in [3.63, 3.8) is 0 Å². The Morgan fingerprint density at radius 1 is 1.29 bits per heavy atom. The second kappa shape index (κ2) is 4.87. The van der Waals surface area contributed by atoms with Gasteiger partial charge in [0.15, 0.2) is 0 Å². The Hall–Kier alpha value is -2.03. The SMILES string of the molecule is CCCOc1cc(C(=O)O)c2ccccc2c1. The van der Waals surface area contributed by atoms with E-state index in [1.165, 1.54) is 0 Å². The van der Waals surface area contributed by atoms with E-state index in [2.05, 4.69) is 0 Å². The lowest BCUT2D eigenvalue weighted by molar-refractivity contribution is 0.0698. The van der Waals surface area contributed by atoms with Gasteiger partial charge in [0.1, 0.15) is 5.75 Å². The Balaban J connectivity index is 2.55. The molecule has 2 aromatic carbocycles. The van der Waals surface area contributed by atoms with E-state index in [0.29, 0.717) is 12.4 Å². The first-order valence-corrected chi connectivity index (χ1v) is 5.61. The topological polar surface area (TPSA) is 46.5 Å². The Bertz CT molecular complexity index is 546. The van der Waals surface area contributed by atoms with Gasteiger partial charge < -0.3 is 9.84 Å². The van der Waals surface area contributed by atoms with Crippen LogP contribution < -0.4 is 4.74 Å². The highest BCUT2D eigenvalue weighted by atomic mass is 16.5. The van der Waals surface area contributed by atoms with Gasteiger partial charge in [-0.2, -0.15) is 0 Å². The zero-order valence-corrected chi connectivity index (χ0v) is 9.64. The van der Waals surface area contributed by atoms with Crippen LogP contribution in [0.15, 0.2) is 36.4 Å². The van der Waals surface area contributed by atoms with E-state index in [1.807, 2.05) is 37.3 Å². The van der Waals surface area contributed by atoms with Gasteiger partial charge in [-0.15, -0.1) is 0 Å². The summed E-state index contributed by atoms with van der Waals surface area (Å²) >= 11 is 0. The molecule has 0 atom stereocenters. The average molecular weight is 230 g/mol. The van der Waals surface area contributed by atoms with Crippen molar-refractivity contribution >= 4 is 16.7 Å². The van der Waals surface area contributed by atoms with E-state index in [9.17, 15) is 9.90 Å². The van der Waals surface area contributed by atoms with Crippen LogP contribution in [0, 0.1) is 0 Å². The molecular weight excluding hydrogens is 216 g/mol. The van der Waals surface area contributed by atoms with Crippen molar-refractivity contribution < 1.29 is 14.6 Å². The highest BCUT2D eigenvalue weighted by Gasteiger charge is 2.10. The molecule has 2 rings (SSSR count). The van der Waals surface area contributed by atoms with Crippen LogP contribution in [-0.2, 0) is 0 Å². The van der Waals surface area contributed by atoms with Gasteiger partial charge in [-0.1, -0.05) is 31.2 Å². The van der Waals surface area contributed by atoms with Crippen LogP contribution in [0.25, 0.3) is 10.8 Å². The second-order valence-electron chi connectivity index (χ2n) is 3.85. The molecule has 0 heterocycles. The van der Waals surface area contributed by atoms with E-state index in [0.717, 1.165) is 17.2 Å². The molecule has 3 nitrogen and oxygen atoms in total. The van der Waals surface area contributed by atoms with Crippen molar-refractivity contribution in [1.29, 1.82) is 0 Å². The molecule has 0 radical (unpaired) electrons. The molecule has 88 valence electrons. The summed E-state index contributed by atoms with van der Waals surface area (Å²) in [6, 6.07) is 10.9. The minimum atomic E-state index is -0.928. The molecule has 0 fully saturated rings. The van der Waals surface area contributed by atoms with Crippen molar-refractivity contribution in [2.24, 2.45) is 0 Å². The van der Waals surface area contributed by atoms with Crippen LogP contribution in [0.5, 0.6) is 5.75 Å². The standard InChI is InChI=1S/C14H14O3/c1-2-7-17-11-8-10-5-3-4-6-12(10)13(9-11)14(15)16/h3-6,8-9H,2,7H2,1H3,(H,15,16). The molecule has 0 aliphatic heterocycles. The maximum absolute atomic E-state index is 11.2. The molecule has 0 bridgehead atoms. The molecule has 0 saturated heterocycles. The largest absolute Gasteiger partial charge is 0.494 e. The minimum Gasteiger partial charge on any atom is -0.494 e. The lowest BCUT2D eigenvalue weighted by Gasteiger charge is -2.08. The smallest absolute Gasteiger partial charge is 0.336 e. The molecule has 0 amide bonds. The first-order valence-electron chi connectivity index (χ1n) is 5.61. The van der Waals surface area contributed by atoms with E-state index in [4.69, 9.17) is 4.74 Å². The van der Waals surface area contributed by atoms with E-state index < -0.39 is 5.97 Å². The fourth-order valence-electron chi connectivity index (χ4n) is 1.76. The summed E-state index contributed by atoms with van der Waals surface area (Å²) < 4.78 is 5.49. The molecule has 0 aromatic heterocycles. The first kappa shape index (κ1) is 11.5. The third-order valence-corrected chi connectivity index (χ3v) is 2.54. The van der Waals surface area contributed by atoms with Crippen molar-refractivity contribution in [3.8, 4) is 5.75 Å². The summed E-state index contributed by atoms with van der Waals surface area (Å²) in [6.45, 7) is 2.61. The number of aromatic carboxylic acids is 1. The lowest BCUT2D eigenvalue weighted by atomic mass is 10.0. The van der Waals surface area contributed by atoms with Crippen LogP contribution in [0.2, 0.25) is 0 Å². The highest BCUT2D eigenvalue weighted by Crippen LogP contribution is 2.25. The predicted molar refractivity (Wildman–Crippen MR) is 66.7 cm³/mol. The van der Waals surface area contributed by atoms with Gasteiger partial charge in [0.2, 0.25) is 0 Å². The quantitative estimate of drug-likeness (QED) is 0.876. The molecule has 17 heavy (non-hydrogen) atoms. The molecular formula is C14H14O3. The lowest BCUT2D eigenvalue weighted by Crippen LogP contribution is -2.01. The molecule has 0 aliphatic carbocycles. The predicted octanol–water partition coefficient (Wildman–Crippen LogP) is 3.33. The number of carboxylic acid groups (broad SMARTS) is 1. The normalized spacial score (nSPS) is 10.4. The van der Waals surface area contributed by atoms with E-state index >= 15 is 0 Å². The van der Waals surface area contributed by atoms with Crippen LogP contribution in [-0.4, -0.2) is 17.7 Å². The van der Waals surface area contributed by atoms with Gasteiger partial charge in [-0.05, 0) is 29.3 Å². The zero-order chi connectivity index (χ0) is 12.3. The summed E-state index contributed by atoms with van der Waals surface area (Å²) in [5.74, 6) is -0.314. The Morgan fingerprint density at radius 3 is 2.76 bits per heavy atom. The number of carboxylic acids is 1. The highest BCUT2D eigenvalue weighted by molar-refractivity contribution is 6.04. The Kier molecular flexibility index (Phi) is 3.28. The summed E-state index contributed by atoms with van der Waals surface area (Å²) in [6.07, 6.45) is 0.898.